The van der Waals surface area contributed by atoms with E-state index in [1.165, 1.54) is 33.5 Å². The van der Waals surface area contributed by atoms with Crippen LogP contribution in [0.15, 0.2) is 77.8 Å². The number of H-pyrrole nitrogens is 1. The van der Waals surface area contributed by atoms with Crippen molar-refractivity contribution in [3.63, 3.8) is 0 Å². The van der Waals surface area contributed by atoms with Gasteiger partial charge in [-0.3, -0.25) is 0 Å². The standard InChI is InChI=1S/C21H16FNS/c1-24-18-9-4-15(5-10-18)20-13-23-21-12-16(6-11-19(20)21)14-2-7-17(22)8-3-14/h2-13,23H,1H3. The second-order valence-electron chi connectivity index (χ2n) is 5.70. The lowest BCUT2D eigenvalue weighted by Crippen LogP contribution is -1.80. The van der Waals surface area contributed by atoms with Crippen LogP contribution < -0.4 is 0 Å². The maximum absolute atomic E-state index is 13.1. The van der Waals surface area contributed by atoms with Gasteiger partial charge in [0.15, 0.2) is 0 Å². The summed E-state index contributed by atoms with van der Waals surface area (Å²) in [7, 11) is 0. The van der Waals surface area contributed by atoms with Gasteiger partial charge in [0.05, 0.1) is 0 Å². The molecule has 0 spiro atoms. The molecule has 0 bridgehead atoms. The van der Waals surface area contributed by atoms with Gasteiger partial charge in [-0.25, -0.2) is 4.39 Å². The number of hydrogen-bond acceptors (Lipinski definition) is 1. The van der Waals surface area contributed by atoms with E-state index in [2.05, 4.69) is 53.7 Å². The number of aromatic nitrogens is 1. The molecule has 1 heterocycles. The molecule has 1 aromatic heterocycles. The molecular weight excluding hydrogens is 317 g/mol. The quantitative estimate of drug-likeness (QED) is 0.431. The highest BCUT2D eigenvalue weighted by Gasteiger charge is 2.08. The molecule has 24 heavy (non-hydrogen) atoms. The van der Waals surface area contributed by atoms with Gasteiger partial charge in [0.2, 0.25) is 0 Å². The fraction of sp³-hybridized carbons (Fsp3) is 0.0476. The summed E-state index contributed by atoms with van der Waals surface area (Å²) in [6.07, 6.45) is 4.13. The Bertz CT molecular complexity index is 985. The first kappa shape index (κ1) is 15.0. The number of aromatic amines is 1. The summed E-state index contributed by atoms with van der Waals surface area (Å²) in [5.74, 6) is -0.212. The van der Waals surface area contributed by atoms with Crippen LogP contribution in [0.1, 0.15) is 0 Å². The van der Waals surface area contributed by atoms with Crippen molar-refractivity contribution in [3.8, 4) is 22.3 Å². The predicted octanol–water partition coefficient (Wildman–Crippen LogP) is 6.36. The molecule has 0 unspecified atom stereocenters. The molecule has 0 saturated carbocycles. The third-order valence-electron chi connectivity index (χ3n) is 4.26. The van der Waals surface area contributed by atoms with Crippen LogP contribution in [0, 0.1) is 5.82 Å². The molecule has 0 atom stereocenters. The van der Waals surface area contributed by atoms with Crippen LogP contribution in [0.2, 0.25) is 0 Å². The van der Waals surface area contributed by atoms with E-state index in [-0.39, 0.29) is 5.82 Å². The van der Waals surface area contributed by atoms with Gasteiger partial charge in [0.25, 0.3) is 0 Å². The minimum Gasteiger partial charge on any atom is -0.361 e. The van der Waals surface area contributed by atoms with Crippen LogP contribution in [0.25, 0.3) is 33.2 Å². The van der Waals surface area contributed by atoms with Gasteiger partial charge in [-0.1, -0.05) is 36.4 Å². The summed E-state index contributed by atoms with van der Waals surface area (Å²) < 4.78 is 13.1. The van der Waals surface area contributed by atoms with E-state index < -0.39 is 0 Å². The molecule has 4 aromatic rings. The number of hydrogen-bond donors (Lipinski definition) is 1. The summed E-state index contributed by atoms with van der Waals surface area (Å²) >= 11 is 1.74. The normalized spacial score (nSPS) is 11.1. The minimum atomic E-state index is -0.212. The molecule has 3 aromatic carbocycles. The second kappa shape index (κ2) is 6.17. The van der Waals surface area contributed by atoms with E-state index in [1.807, 2.05) is 18.3 Å². The smallest absolute Gasteiger partial charge is 0.123 e. The summed E-state index contributed by atoms with van der Waals surface area (Å²) in [5, 5.41) is 1.19. The van der Waals surface area contributed by atoms with Crippen LogP contribution in [-0.4, -0.2) is 11.2 Å². The maximum atomic E-state index is 13.1. The Balaban J connectivity index is 1.76. The Labute approximate surface area is 144 Å². The summed E-state index contributed by atoms with van der Waals surface area (Å²) in [6.45, 7) is 0. The van der Waals surface area contributed by atoms with Crippen molar-refractivity contribution in [1.82, 2.24) is 4.98 Å². The van der Waals surface area contributed by atoms with E-state index in [0.717, 1.165) is 16.6 Å². The molecule has 0 aliphatic heterocycles. The number of fused-ring (bicyclic) bond motifs is 1. The lowest BCUT2D eigenvalue weighted by molar-refractivity contribution is 0.628. The number of halogens is 1. The van der Waals surface area contributed by atoms with E-state index in [4.69, 9.17) is 0 Å². The molecule has 1 N–H and O–H groups in total. The largest absolute Gasteiger partial charge is 0.361 e. The first-order valence-electron chi connectivity index (χ1n) is 7.76. The van der Waals surface area contributed by atoms with Crippen molar-refractivity contribution < 1.29 is 4.39 Å². The summed E-state index contributed by atoms with van der Waals surface area (Å²) in [5.41, 5.74) is 5.57. The van der Waals surface area contributed by atoms with E-state index in [0.29, 0.717) is 0 Å². The highest BCUT2D eigenvalue weighted by Crippen LogP contribution is 2.32. The zero-order chi connectivity index (χ0) is 16.5. The van der Waals surface area contributed by atoms with Gasteiger partial charge in [0.1, 0.15) is 5.82 Å². The van der Waals surface area contributed by atoms with Gasteiger partial charge in [-0.15, -0.1) is 11.8 Å². The SMILES string of the molecule is CSc1ccc(-c2c[nH]c3cc(-c4ccc(F)cc4)ccc23)cc1. The average molecular weight is 333 g/mol. The first-order valence-corrected chi connectivity index (χ1v) is 8.98. The topological polar surface area (TPSA) is 15.8 Å². The number of nitrogens with one attached hydrogen (secondary N) is 1. The highest BCUT2D eigenvalue weighted by atomic mass is 32.2. The van der Waals surface area contributed by atoms with E-state index >= 15 is 0 Å². The van der Waals surface area contributed by atoms with Gasteiger partial charge >= 0.3 is 0 Å². The van der Waals surface area contributed by atoms with Gasteiger partial charge in [-0.2, -0.15) is 0 Å². The van der Waals surface area contributed by atoms with Crippen molar-refractivity contribution >= 4 is 22.7 Å². The monoisotopic (exact) mass is 333 g/mol. The molecule has 4 rings (SSSR count). The maximum Gasteiger partial charge on any atom is 0.123 e. The Morgan fingerprint density at radius 2 is 1.46 bits per heavy atom. The number of benzene rings is 3. The van der Waals surface area contributed by atoms with E-state index in [9.17, 15) is 4.39 Å². The summed E-state index contributed by atoms with van der Waals surface area (Å²) in [4.78, 5) is 4.62. The molecule has 0 aliphatic rings. The zero-order valence-electron chi connectivity index (χ0n) is 13.2. The predicted molar refractivity (Wildman–Crippen MR) is 101 cm³/mol. The fourth-order valence-electron chi connectivity index (χ4n) is 2.96. The molecule has 0 radical (unpaired) electrons. The zero-order valence-corrected chi connectivity index (χ0v) is 14.0. The molecule has 0 fully saturated rings. The Hall–Kier alpha value is -2.52. The molecule has 1 nitrogen and oxygen atoms in total. The van der Waals surface area contributed by atoms with Crippen molar-refractivity contribution in [3.05, 3.63) is 78.7 Å². The lowest BCUT2D eigenvalue weighted by Gasteiger charge is -2.04. The van der Waals surface area contributed by atoms with Gasteiger partial charge in [0, 0.05) is 27.6 Å². The van der Waals surface area contributed by atoms with E-state index in [1.54, 1.807) is 11.8 Å². The van der Waals surface area contributed by atoms with Crippen LogP contribution in [0.4, 0.5) is 4.39 Å². The average Bonchev–Trinajstić information content (AvgIpc) is 3.05. The molecule has 118 valence electrons. The van der Waals surface area contributed by atoms with Crippen molar-refractivity contribution in [2.75, 3.05) is 6.26 Å². The third-order valence-corrected chi connectivity index (χ3v) is 5.00. The van der Waals surface area contributed by atoms with Gasteiger partial charge < -0.3 is 4.98 Å². The van der Waals surface area contributed by atoms with Crippen molar-refractivity contribution in [2.45, 2.75) is 4.90 Å². The van der Waals surface area contributed by atoms with Crippen molar-refractivity contribution in [2.24, 2.45) is 0 Å². The number of rotatable bonds is 3. The first-order chi connectivity index (χ1) is 11.7. The van der Waals surface area contributed by atoms with Crippen molar-refractivity contribution in [1.29, 1.82) is 0 Å². The third kappa shape index (κ3) is 2.72. The van der Waals surface area contributed by atoms with Crippen LogP contribution >= 0.6 is 11.8 Å². The van der Waals surface area contributed by atoms with Crippen LogP contribution in [-0.2, 0) is 0 Å². The summed E-state index contributed by atoms with van der Waals surface area (Å²) in [6, 6.07) is 21.5. The Morgan fingerprint density at radius 1 is 0.792 bits per heavy atom. The lowest BCUT2D eigenvalue weighted by atomic mass is 10.0. The van der Waals surface area contributed by atoms with Gasteiger partial charge in [-0.05, 0) is 53.3 Å². The minimum absolute atomic E-state index is 0.212. The molecule has 3 heteroatoms. The molecule has 0 amide bonds. The molecule has 0 aliphatic carbocycles. The molecule has 0 saturated heterocycles. The number of thioether (sulfide) groups is 1. The second-order valence-corrected chi connectivity index (χ2v) is 6.58. The fourth-order valence-corrected chi connectivity index (χ4v) is 3.37. The van der Waals surface area contributed by atoms with Crippen LogP contribution in [0.3, 0.4) is 0 Å². The Kier molecular flexibility index (Phi) is 3.87. The highest BCUT2D eigenvalue weighted by molar-refractivity contribution is 7.98. The Morgan fingerprint density at radius 3 is 2.17 bits per heavy atom. The molecular formula is C21H16FNS. The van der Waals surface area contributed by atoms with Crippen LogP contribution in [0.5, 0.6) is 0 Å².